The molecule has 5 heteroatoms. The summed E-state index contributed by atoms with van der Waals surface area (Å²) in [5, 5.41) is 2.26. The minimum atomic E-state index is -3.36. The molecule has 2 rings (SSSR count). The van der Waals surface area contributed by atoms with Crippen molar-refractivity contribution in [1.82, 2.24) is 0 Å². The van der Waals surface area contributed by atoms with Crippen molar-refractivity contribution >= 4 is 39.1 Å². The second-order valence-corrected chi connectivity index (χ2v) is 6.98. The van der Waals surface area contributed by atoms with Crippen molar-refractivity contribution in [2.45, 2.75) is 5.75 Å². The molecule has 0 heterocycles. The number of rotatable bonds is 4. The van der Waals surface area contributed by atoms with Crippen LogP contribution in [0, 0.1) is 0 Å². The molecule has 0 atom stereocenters. The standard InChI is InChI=1S/C15H12Cl2O2S/c16-14-7-5-12(6-8-14)9-10-20(18,19)11-13-3-1-2-4-15(13)17/h1-10H,11H2. The molecule has 0 amide bonds. The van der Waals surface area contributed by atoms with E-state index in [9.17, 15) is 8.42 Å². The van der Waals surface area contributed by atoms with Gasteiger partial charge in [-0.1, -0.05) is 53.5 Å². The molecule has 0 unspecified atom stereocenters. The van der Waals surface area contributed by atoms with Crippen LogP contribution in [0.25, 0.3) is 6.08 Å². The molecule has 0 aliphatic carbocycles. The van der Waals surface area contributed by atoms with Gasteiger partial charge in [0.05, 0.1) is 5.75 Å². The predicted octanol–water partition coefficient (Wildman–Crippen LogP) is 4.58. The van der Waals surface area contributed by atoms with Gasteiger partial charge in [-0.3, -0.25) is 0 Å². The van der Waals surface area contributed by atoms with E-state index >= 15 is 0 Å². The molecule has 0 spiro atoms. The van der Waals surface area contributed by atoms with Gasteiger partial charge >= 0.3 is 0 Å². The third-order valence-electron chi connectivity index (χ3n) is 2.65. The van der Waals surface area contributed by atoms with Crippen molar-refractivity contribution in [3.8, 4) is 0 Å². The van der Waals surface area contributed by atoms with Gasteiger partial charge in [-0.2, -0.15) is 0 Å². The normalized spacial score (nSPS) is 11.9. The van der Waals surface area contributed by atoms with Gasteiger partial charge in [0.25, 0.3) is 0 Å². The van der Waals surface area contributed by atoms with Crippen LogP contribution in [0.1, 0.15) is 11.1 Å². The molecule has 0 fully saturated rings. The summed E-state index contributed by atoms with van der Waals surface area (Å²) in [6.45, 7) is 0. The Kier molecular flexibility index (Phi) is 4.86. The third kappa shape index (κ3) is 4.37. The van der Waals surface area contributed by atoms with Crippen LogP contribution < -0.4 is 0 Å². The smallest absolute Gasteiger partial charge is 0.175 e. The SMILES string of the molecule is O=S(=O)(C=Cc1ccc(Cl)cc1)Cc1ccccc1Cl. The van der Waals surface area contributed by atoms with E-state index < -0.39 is 9.84 Å². The maximum atomic E-state index is 12.0. The summed E-state index contributed by atoms with van der Waals surface area (Å²) in [5.41, 5.74) is 1.37. The predicted molar refractivity (Wildman–Crippen MR) is 84.6 cm³/mol. The van der Waals surface area contributed by atoms with Crippen LogP contribution >= 0.6 is 23.2 Å². The van der Waals surface area contributed by atoms with E-state index in [1.807, 2.05) is 0 Å². The fourth-order valence-corrected chi connectivity index (χ4v) is 3.19. The number of hydrogen-bond acceptors (Lipinski definition) is 2. The highest BCUT2D eigenvalue weighted by Crippen LogP contribution is 2.19. The summed E-state index contributed by atoms with van der Waals surface area (Å²) in [6, 6.07) is 13.8. The van der Waals surface area contributed by atoms with Gasteiger partial charge in [0, 0.05) is 15.5 Å². The Morgan fingerprint density at radius 1 is 0.950 bits per heavy atom. The lowest BCUT2D eigenvalue weighted by Gasteiger charge is -2.02. The first-order valence-corrected chi connectivity index (χ1v) is 8.33. The molecule has 2 nitrogen and oxygen atoms in total. The molecule has 0 saturated heterocycles. The second-order valence-electron chi connectivity index (χ2n) is 4.25. The van der Waals surface area contributed by atoms with Crippen molar-refractivity contribution in [3.05, 3.63) is 75.1 Å². The highest BCUT2D eigenvalue weighted by atomic mass is 35.5. The van der Waals surface area contributed by atoms with Crippen LogP contribution in [0.15, 0.2) is 53.9 Å². The van der Waals surface area contributed by atoms with Crippen molar-refractivity contribution in [2.24, 2.45) is 0 Å². The van der Waals surface area contributed by atoms with Crippen LogP contribution in [0.2, 0.25) is 10.0 Å². The summed E-state index contributed by atoms with van der Waals surface area (Å²) in [5.74, 6) is -0.114. The zero-order valence-corrected chi connectivity index (χ0v) is 12.8. The Balaban J connectivity index is 2.15. The summed E-state index contributed by atoms with van der Waals surface area (Å²) in [6.07, 6.45) is 1.54. The van der Waals surface area contributed by atoms with Gasteiger partial charge in [-0.25, -0.2) is 8.42 Å². The molecule has 0 N–H and O–H groups in total. The van der Waals surface area contributed by atoms with Crippen molar-refractivity contribution in [1.29, 1.82) is 0 Å². The summed E-state index contributed by atoms with van der Waals surface area (Å²) in [4.78, 5) is 0. The fraction of sp³-hybridized carbons (Fsp3) is 0.0667. The summed E-state index contributed by atoms with van der Waals surface area (Å²) >= 11 is 11.7. The minimum Gasteiger partial charge on any atom is -0.224 e. The first-order valence-electron chi connectivity index (χ1n) is 5.86. The lowest BCUT2D eigenvalue weighted by Crippen LogP contribution is -2.00. The van der Waals surface area contributed by atoms with E-state index in [2.05, 4.69) is 0 Å². The van der Waals surface area contributed by atoms with E-state index in [-0.39, 0.29) is 5.75 Å². The van der Waals surface area contributed by atoms with Crippen molar-refractivity contribution < 1.29 is 8.42 Å². The Labute approximate surface area is 128 Å². The molecule has 20 heavy (non-hydrogen) atoms. The quantitative estimate of drug-likeness (QED) is 0.824. The van der Waals surface area contributed by atoms with E-state index in [0.29, 0.717) is 15.6 Å². The van der Waals surface area contributed by atoms with E-state index in [0.717, 1.165) is 5.56 Å². The molecular formula is C15H12Cl2O2S. The topological polar surface area (TPSA) is 34.1 Å². The molecular weight excluding hydrogens is 315 g/mol. The third-order valence-corrected chi connectivity index (χ3v) is 4.54. The first kappa shape index (κ1) is 15.1. The first-order chi connectivity index (χ1) is 9.46. The number of benzene rings is 2. The molecule has 2 aromatic carbocycles. The van der Waals surface area contributed by atoms with Gasteiger partial charge in [0.15, 0.2) is 9.84 Å². The number of hydrogen-bond donors (Lipinski definition) is 0. The van der Waals surface area contributed by atoms with Gasteiger partial charge < -0.3 is 0 Å². The maximum absolute atomic E-state index is 12.0. The molecule has 0 aromatic heterocycles. The number of sulfone groups is 1. The van der Waals surface area contributed by atoms with Gasteiger partial charge in [-0.05, 0) is 35.4 Å². The van der Waals surface area contributed by atoms with Gasteiger partial charge in [-0.15, -0.1) is 0 Å². The molecule has 0 saturated carbocycles. The van der Waals surface area contributed by atoms with Crippen LogP contribution in [0.4, 0.5) is 0 Å². The molecule has 0 aliphatic heterocycles. The largest absolute Gasteiger partial charge is 0.224 e. The van der Waals surface area contributed by atoms with Crippen LogP contribution in [0.5, 0.6) is 0 Å². The van der Waals surface area contributed by atoms with E-state index in [1.54, 1.807) is 54.6 Å². The minimum absolute atomic E-state index is 0.114. The van der Waals surface area contributed by atoms with Crippen molar-refractivity contribution in [2.75, 3.05) is 0 Å². The average Bonchev–Trinajstić information content (AvgIpc) is 2.41. The Morgan fingerprint density at radius 2 is 1.60 bits per heavy atom. The van der Waals surface area contributed by atoms with Gasteiger partial charge in [0.1, 0.15) is 0 Å². The second kappa shape index (κ2) is 6.44. The molecule has 104 valence electrons. The van der Waals surface area contributed by atoms with E-state index in [4.69, 9.17) is 23.2 Å². The summed E-state index contributed by atoms with van der Waals surface area (Å²) < 4.78 is 24.0. The summed E-state index contributed by atoms with van der Waals surface area (Å²) in [7, 11) is -3.36. The lowest BCUT2D eigenvalue weighted by molar-refractivity contribution is 0.604. The van der Waals surface area contributed by atoms with Crippen LogP contribution in [-0.2, 0) is 15.6 Å². The van der Waals surface area contributed by atoms with Crippen LogP contribution in [-0.4, -0.2) is 8.42 Å². The monoisotopic (exact) mass is 326 g/mol. The van der Waals surface area contributed by atoms with E-state index in [1.165, 1.54) is 5.41 Å². The maximum Gasteiger partial charge on any atom is 0.175 e. The molecule has 0 aliphatic rings. The highest BCUT2D eigenvalue weighted by molar-refractivity contribution is 7.93. The average molecular weight is 327 g/mol. The molecule has 0 bridgehead atoms. The molecule has 0 radical (unpaired) electrons. The molecule has 2 aromatic rings. The lowest BCUT2D eigenvalue weighted by atomic mass is 10.2. The zero-order chi connectivity index (χ0) is 14.6. The zero-order valence-electron chi connectivity index (χ0n) is 10.5. The Morgan fingerprint density at radius 3 is 2.25 bits per heavy atom. The Hall–Kier alpha value is -1.29. The highest BCUT2D eigenvalue weighted by Gasteiger charge is 2.10. The fourth-order valence-electron chi connectivity index (χ4n) is 1.64. The van der Waals surface area contributed by atoms with Crippen molar-refractivity contribution in [3.63, 3.8) is 0 Å². The van der Waals surface area contributed by atoms with Gasteiger partial charge in [0.2, 0.25) is 0 Å². The van der Waals surface area contributed by atoms with Crippen LogP contribution in [0.3, 0.4) is 0 Å². The Bertz CT molecular complexity index is 720. The number of halogens is 2.